The molecular weight excluding hydrogens is 207 g/mol. The fourth-order valence-electron chi connectivity index (χ4n) is 1.54. The minimum Gasteiger partial charge on any atom is -0.397 e. The molecule has 4 N–H and O–H groups in total. The molecule has 90 valence electrons. The maximum atomic E-state index is 13.1. The van der Waals surface area contributed by atoms with Crippen LogP contribution < -0.4 is 11.1 Å². The Kier molecular flexibility index (Phi) is 4.12. The zero-order chi connectivity index (χ0) is 12.2. The zero-order valence-electron chi connectivity index (χ0n) is 9.76. The normalized spacial score (nSPS) is 14.5. The Morgan fingerprint density at radius 1 is 1.50 bits per heavy atom. The number of nitrogen functional groups attached to an aromatic ring is 1. The van der Waals surface area contributed by atoms with Crippen molar-refractivity contribution >= 4 is 11.4 Å². The lowest BCUT2D eigenvalue weighted by molar-refractivity contribution is 0.252. The van der Waals surface area contributed by atoms with Crippen LogP contribution >= 0.6 is 0 Å². The van der Waals surface area contributed by atoms with Crippen LogP contribution in [0.5, 0.6) is 0 Å². The van der Waals surface area contributed by atoms with Crippen molar-refractivity contribution in [2.24, 2.45) is 0 Å². The molecule has 1 rings (SSSR count). The molecule has 0 amide bonds. The molecule has 0 aliphatic heterocycles. The quantitative estimate of drug-likeness (QED) is 0.675. The molecule has 4 heteroatoms. The van der Waals surface area contributed by atoms with Crippen molar-refractivity contribution in [1.29, 1.82) is 0 Å². The van der Waals surface area contributed by atoms with Crippen LogP contribution in [-0.2, 0) is 0 Å². The molecule has 3 nitrogen and oxygen atoms in total. The third-order valence-corrected chi connectivity index (χ3v) is 2.90. The number of rotatable bonds is 5. The first-order valence-corrected chi connectivity index (χ1v) is 5.45. The predicted octanol–water partition coefficient (Wildman–Crippen LogP) is 2.37. The van der Waals surface area contributed by atoms with Gasteiger partial charge >= 0.3 is 0 Å². The number of nitrogens with two attached hydrogens (primary N) is 1. The van der Waals surface area contributed by atoms with Crippen LogP contribution in [0, 0.1) is 5.82 Å². The van der Waals surface area contributed by atoms with Crippen LogP contribution in [0.1, 0.15) is 26.7 Å². The van der Waals surface area contributed by atoms with Gasteiger partial charge in [0, 0.05) is 12.1 Å². The minimum absolute atomic E-state index is 0.0898. The maximum Gasteiger partial charge on any atom is 0.125 e. The fraction of sp³-hybridized carbons (Fsp3) is 0.500. The van der Waals surface area contributed by atoms with Gasteiger partial charge in [-0.15, -0.1) is 0 Å². The number of hydrogen-bond donors (Lipinski definition) is 3. The lowest BCUT2D eigenvalue weighted by Crippen LogP contribution is -2.35. The summed E-state index contributed by atoms with van der Waals surface area (Å²) in [6.45, 7) is 4.08. The van der Waals surface area contributed by atoms with E-state index in [-0.39, 0.29) is 18.0 Å². The van der Waals surface area contributed by atoms with Crippen molar-refractivity contribution in [3.8, 4) is 0 Å². The van der Waals surface area contributed by atoms with E-state index < -0.39 is 0 Å². The lowest BCUT2D eigenvalue weighted by Gasteiger charge is -2.30. The summed E-state index contributed by atoms with van der Waals surface area (Å²) in [5.41, 5.74) is 6.58. The van der Waals surface area contributed by atoms with Crippen molar-refractivity contribution in [3.05, 3.63) is 24.0 Å². The molecule has 0 aliphatic carbocycles. The van der Waals surface area contributed by atoms with E-state index >= 15 is 0 Å². The molecule has 0 saturated carbocycles. The number of anilines is 2. The minimum atomic E-state index is -0.320. The molecule has 1 aromatic carbocycles. The van der Waals surface area contributed by atoms with Crippen LogP contribution in [-0.4, -0.2) is 17.3 Å². The van der Waals surface area contributed by atoms with Crippen LogP contribution in [0.15, 0.2) is 18.2 Å². The molecule has 0 heterocycles. The summed E-state index contributed by atoms with van der Waals surface area (Å²) >= 11 is 0. The monoisotopic (exact) mass is 226 g/mol. The molecule has 1 atom stereocenters. The van der Waals surface area contributed by atoms with Crippen molar-refractivity contribution in [1.82, 2.24) is 0 Å². The van der Waals surface area contributed by atoms with E-state index in [1.807, 2.05) is 13.8 Å². The fourth-order valence-corrected chi connectivity index (χ4v) is 1.54. The largest absolute Gasteiger partial charge is 0.397 e. The van der Waals surface area contributed by atoms with Crippen LogP contribution in [0.4, 0.5) is 15.8 Å². The van der Waals surface area contributed by atoms with Crippen LogP contribution in [0.2, 0.25) is 0 Å². The van der Waals surface area contributed by atoms with Crippen LogP contribution in [0.3, 0.4) is 0 Å². The highest BCUT2D eigenvalue weighted by molar-refractivity contribution is 5.66. The summed E-state index contributed by atoms with van der Waals surface area (Å²) in [6, 6.07) is 4.24. The topological polar surface area (TPSA) is 58.3 Å². The van der Waals surface area contributed by atoms with E-state index in [0.717, 1.165) is 6.42 Å². The van der Waals surface area contributed by atoms with Crippen LogP contribution in [0.25, 0.3) is 0 Å². The van der Waals surface area contributed by atoms with Gasteiger partial charge in [-0.3, -0.25) is 0 Å². The second-order valence-corrected chi connectivity index (χ2v) is 4.24. The molecular formula is C12H19FN2O. The van der Waals surface area contributed by atoms with Gasteiger partial charge in [-0.05, 0) is 38.0 Å². The third-order valence-electron chi connectivity index (χ3n) is 2.90. The molecule has 1 unspecified atom stereocenters. The Labute approximate surface area is 95.5 Å². The predicted molar refractivity (Wildman–Crippen MR) is 64.8 cm³/mol. The molecule has 0 aromatic heterocycles. The summed E-state index contributed by atoms with van der Waals surface area (Å²) in [5.74, 6) is -0.320. The smallest absolute Gasteiger partial charge is 0.125 e. The van der Waals surface area contributed by atoms with Gasteiger partial charge in [-0.2, -0.15) is 0 Å². The van der Waals surface area contributed by atoms with Crippen molar-refractivity contribution in [2.45, 2.75) is 32.2 Å². The molecule has 0 bridgehead atoms. The summed E-state index contributed by atoms with van der Waals surface area (Å²) in [7, 11) is 0. The van der Waals surface area contributed by atoms with E-state index in [2.05, 4.69) is 5.32 Å². The second-order valence-electron chi connectivity index (χ2n) is 4.24. The molecule has 1 aromatic rings. The first-order valence-electron chi connectivity index (χ1n) is 5.45. The Balaban J connectivity index is 2.89. The molecule has 16 heavy (non-hydrogen) atoms. The first-order chi connectivity index (χ1) is 7.50. The average molecular weight is 226 g/mol. The maximum absolute atomic E-state index is 13.1. The number of nitrogens with one attached hydrogen (secondary N) is 1. The van der Waals surface area contributed by atoms with Gasteiger partial charge in [0.1, 0.15) is 5.82 Å². The molecule has 0 radical (unpaired) electrons. The van der Waals surface area contributed by atoms with E-state index in [4.69, 9.17) is 10.8 Å². The highest BCUT2D eigenvalue weighted by atomic mass is 19.1. The van der Waals surface area contributed by atoms with E-state index in [0.29, 0.717) is 17.8 Å². The van der Waals surface area contributed by atoms with Gasteiger partial charge in [0.15, 0.2) is 0 Å². The van der Waals surface area contributed by atoms with E-state index in [1.54, 1.807) is 0 Å². The molecule has 0 saturated heterocycles. The second kappa shape index (κ2) is 5.16. The van der Waals surface area contributed by atoms with Gasteiger partial charge in [0.2, 0.25) is 0 Å². The molecule has 0 spiro atoms. The summed E-state index contributed by atoms with van der Waals surface area (Å²) < 4.78 is 13.1. The zero-order valence-corrected chi connectivity index (χ0v) is 9.76. The van der Waals surface area contributed by atoms with Gasteiger partial charge in [-0.1, -0.05) is 6.92 Å². The van der Waals surface area contributed by atoms with Crippen molar-refractivity contribution < 1.29 is 9.50 Å². The lowest BCUT2D eigenvalue weighted by atomic mass is 9.94. The van der Waals surface area contributed by atoms with Crippen molar-refractivity contribution in [2.75, 3.05) is 17.7 Å². The molecule has 0 fully saturated rings. The highest BCUT2D eigenvalue weighted by Gasteiger charge is 2.21. The van der Waals surface area contributed by atoms with Gasteiger partial charge in [-0.25, -0.2) is 4.39 Å². The number of aliphatic hydroxyl groups excluding tert-OH is 1. The Morgan fingerprint density at radius 3 is 2.75 bits per heavy atom. The Morgan fingerprint density at radius 2 is 2.19 bits per heavy atom. The average Bonchev–Trinajstić information content (AvgIpc) is 2.24. The first kappa shape index (κ1) is 12.8. The van der Waals surface area contributed by atoms with Gasteiger partial charge in [0.05, 0.1) is 11.4 Å². The van der Waals surface area contributed by atoms with E-state index in [9.17, 15) is 4.39 Å². The van der Waals surface area contributed by atoms with Gasteiger partial charge < -0.3 is 16.2 Å². The van der Waals surface area contributed by atoms with Crippen molar-refractivity contribution in [3.63, 3.8) is 0 Å². The van der Waals surface area contributed by atoms with E-state index in [1.165, 1.54) is 18.2 Å². The SMILES string of the molecule is CCC(C)(CCO)Nc1cc(F)ccc1N. The number of halogens is 1. The number of aliphatic hydroxyl groups is 1. The third kappa shape index (κ3) is 3.10. The highest BCUT2D eigenvalue weighted by Crippen LogP contribution is 2.26. The number of benzene rings is 1. The molecule has 0 aliphatic rings. The summed E-state index contributed by atoms with van der Waals surface area (Å²) in [6.07, 6.45) is 1.42. The standard InChI is InChI=1S/C12H19FN2O/c1-3-12(2,6-7-16)15-11-8-9(13)4-5-10(11)14/h4-5,8,15-16H,3,6-7,14H2,1-2H3. The summed E-state index contributed by atoms with van der Waals surface area (Å²) in [5, 5.41) is 12.2. The van der Waals surface area contributed by atoms with Gasteiger partial charge in [0.25, 0.3) is 0 Å². The Bertz CT molecular complexity index is 357. The number of hydrogen-bond acceptors (Lipinski definition) is 3. The summed E-state index contributed by atoms with van der Waals surface area (Å²) in [4.78, 5) is 0. The Hall–Kier alpha value is -1.29.